The molecule has 1 rings (SSSR count). The van der Waals surface area contributed by atoms with Gasteiger partial charge in [-0.15, -0.1) is 0 Å². The SMILES string of the molecule is COc1cc(O)c(C=NNC(N)=S)c(OC)c1. The molecule has 6 nitrogen and oxygen atoms in total. The third kappa shape index (κ3) is 3.49. The molecule has 0 bridgehead atoms. The van der Waals surface area contributed by atoms with E-state index in [1.807, 2.05) is 0 Å². The van der Waals surface area contributed by atoms with Gasteiger partial charge in [0.2, 0.25) is 0 Å². The molecule has 1 aromatic carbocycles. The summed E-state index contributed by atoms with van der Waals surface area (Å²) in [6.45, 7) is 0. The molecule has 0 amide bonds. The summed E-state index contributed by atoms with van der Waals surface area (Å²) in [6.07, 6.45) is 1.35. The molecule has 1 aromatic rings. The number of nitrogens with one attached hydrogen (secondary N) is 1. The Bertz CT molecular complexity index is 449. The van der Waals surface area contributed by atoms with E-state index in [9.17, 15) is 5.11 Å². The maximum atomic E-state index is 9.76. The molecule has 0 saturated carbocycles. The first kappa shape index (κ1) is 13.0. The third-order valence-electron chi connectivity index (χ3n) is 1.92. The lowest BCUT2D eigenvalue weighted by Crippen LogP contribution is -2.24. The molecule has 0 spiro atoms. The van der Waals surface area contributed by atoms with Gasteiger partial charge in [-0.25, -0.2) is 0 Å². The van der Waals surface area contributed by atoms with Crippen molar-refractivity contribution >= 4 is 23.5 Å². The molecule has 0 saturated heterocycles. The van der Waals surface area contributed by atoms with Crippen LogP contribution in [0.25, 0.3) is 0 Å². The first-order chi connectivity index (χ1) is 8.08. The molecule has 7 heteroatoms. The Balaban J connectivity index is 3.05. The van der Waals surface area contributed by atoms with Crippen LogP contribution in [0.15, 0.2) is 17.2 Å². The van der Waals surface area contributed by atoms with E-state index in [-0.39, 0.29) is 10.9 Å². The number of ether oxygens (including phenoxy) is 2. The van der Waals surface area contributed by atoms with Crippen LogP contribution in [-0.4, -0.2) is 30.7 Å². The number of methoxy groups -OCH3 is 2. The van der Waals surface area contributed by atoms with Gasteiger partial charge in [-0.05, 0) is 12.2 Å². The Morgan fingerprint density at radius 3 is 2.71 bits per heavy atom. The highest BCUT2D eigenvalue weighted by molar-refractivity contribution is 7.80. The van der Waals surface area contributed by atoms with E-state index >= 15 is 0 Å². The summed E-state index contributed by atoms with van der Waals surface area (Å²) in [7, 11) is 2.98. The number of rotatable bonds is 4. The fourth-order valence-electron chi connectivity index (χ4n) is 1.16. The van der Waals surface area contributed by atoms with E-state index < -0.39 is 0 Å². The molecule has 0 heterocycles. The molecule has 0 unspecified atom stereocenters. The predicted octanol–water partition coefficient (Wildman–Crippen LogP) is 0.577. The number of hydrogen-bond acceptors (Lipinski definition) is 5. The van der Waals surface area contributed by atoms with Crippen molar-refractivity contribution in [2.75, 3.05) is 14.2 Å². The summed E-state index contributed by atoms with van der Waals surface area (Å²) in [4.78, 5) is 0. The number of aromatic hydroxyl groups is 1. The van der Waals surface area contributed by atoms with Gasteiger partial charge in [0.05, 0.1) is 26.0 Å². The lowest BCUT2D eigenvalue weighted by molar-refractivity contribution is 0.384. The summed E-state index contributed by atoms with van der Waals surface area (Å²) < 4.78 is 10.1. The molecular weight excluding hydrogens is 242 g/mol. The second-order valence-electron chi connectivity index (χ2n) is 3.00. The number of phenols is 1. The smallest absolute Gasteiger partial charge is 0.184 e. The van der Waals surface area contributed by atoms with E-state index in [4.69, 9.17) is 15.2 Å². The lowest BCUT2D eigenvalue weighted by atomic mass is 10.2. The van der Waals surface area contributed by atoms with E-state index in [1.165, 1.54) is 26.5 Å². The number of hydrazone groups is 1. The molecular formula is C10H13N3O3S. The molecule has 0 fully saturated rings. The highest BCUT2D eigenvalue weighted by Crippen LogP contribution is 2.31. The van der Waals surface area contributed by atoms with Gasteiger partial charge in [0.15, 0.2) is 5.11 Å². The monoisotopic (exact) mass is 255 g/mol. The van der Waals surface area contributed by atoms with Crippen LogP contribution in [-0.2, 0) is 0 Å². The normalized spacial score (nSPS) is 10.2. The fraction of sp³-hybridized carbons (Fsp3) is 0.200. The summed E-state index contributed by atoms with van der Waals surface area (Å²) in [5.74, 6) is 0.892. The van der Waals surface area contributed by atoms with Gasteiger partial charge in [-0.1, -0.05) is 0 Å². The van der Waals surface area contributed by atoms with Crippen molar-refractivity contribution in [1.29, 1.82) is 0 Å². The summed E-state index contributed by atoms with van der Waals surface area (Å²) >= 11 is 4.58. The van der Waals surface area contributed by atoms with Crippen LogP contribution in [0.4, 0.5) is 0 Å². The van der Waals surface area contributed by atoms with Crippen LogP contribution in [0.3, 0.4) is 0 Å². The maximum Gasteiger partial charge on any atom is 0.184 e. The molecule has 0 aliphatic heterocycles. The van der Waals surface area contributed by atoms with Gasteiger partial charge in [-0.3, -0.25) is 5.43 Å². The molecule has 0 aliphatic rings. The van der Waals surface area contributed by atoms with Crippen molar-refractivity contribution < 1.29 is 14.6 Å². The number of phenolic OH excluding ortho intramolecular Hbond substituents is 1. The van der Waals surface area contributed by atoms with Crippen molar-refractivity contribution in [3.05, 3.63) is 17.7 Å². The van der Waals surface area contributed by atoms with Gasteiger partial charge in [0, 0.05) is 12.1 Å². The minimum atomic E-state index is -0.0188. The summed E-state index contributed by atoms with van der Waals surface area (Å²) in [6, 6.07) is 3.08. The fourth-order valence-corrected chi connectivity index (χ4v) is 1.22. The van der Waals surface area contributed by atoms with Crippen molar-refractivity contribution in [1.82, 2.24) is 5.43 Å². The molecule has 17 heavy (non-hydrogen) atoms. The average molecular weight is 255 g/mol. The summed E-state index contributed by atoms with van der Waals surface area (Å²) in [5, 5.41) is 13.5. The number of thiocarbonyl (C=S) groups is 1. The van der Waals surface area contributed by atoms with E-state index in [0.717, 1.165) is 0 Å². The van der Waals surface area contributed by atoms with Gasteiger partial charge in [0.1, 0.15) is 17.2 Å². The van der Waals surface area contributed by atoms with Crippen molar-refractivity contribution in [3.63, 3.8) is 0 Å². The highest BCUT2D eigenvalue weighted by atomic mass is 32.1. The first-order valence-corrected chi connectivity index (χ1v) is 5.02. The average Bonchev–Trinajstić information content (AvgIpc) is 2.30. The van der Waals surface area contributed by atoms with E-state index in [2.05, 4.69) is 22.7 Å². The maximum absolute atomic E-state index is 9.76. The number of nitrogens with two attached hydrogens (primary N) is 1. The zero-order valence-electron chi connectivity index (χ0n) is 9.43. The molecule has 0 aromatic heterocycles. The standard InChI is InChI=1S/C10H13N3O3S/c1-15-6-3-8(14)7(9(4-6)16-2)5-12-13-10(11)17/h3-5,14H,1-2H3,(H3,11,13,17). The minimum Gasteiger partial charge on any atom is -0.507 e. The molecule has 0 atom stereocenters. The first-order valence-electron chi connectivity index (χ1n) is 4.62. The summed E-state index contributed by atoms with van der Waals surface area (Å²) in [5.41, 5.74) is 7.99. The second kappa shape index (κ2) is 5.90. The van der Waals surface area contributed by atoms with Crippen LogP contribution in [0.5, 0.6) is 17.2 Å². The van der Waals surface area contributed by atoms with Gasteiger partial charge in [0.25, 0.3) is 0 Å². The largest absolute Gasteiger partial charge is 0.507 e. The number of benzene rings is 1. The van der Waals surface area contributed by atoms with E-state index in [0.29, 0.717) is 17.1 Å². The second-order valence-corrected chi connectivity index (χ2v) is 3.44. The quantitative estimate of drug-likeness (QED) is 0.414. The van der Waals surface area contributed by atoms with Crippen LogP contribution >= 0.6 is 12.2 Å². The van der Waals surface area contributed by atoms with Crippen molar-refractivity contribution in [2.24, 2.45) is 10.8 Å². The number of hydrogen-bond donors (Lipinski definition) is 3. The molecule has 92 valence electrons. The van der Waals surface area contributed by atoms with Crippen LogP contribution in [0.2, 0.25) is 0 Å². The minimum absolute atomic E-state index is 0.0188. The Morgan fingerprint density at radius 1 is 1.47 bits per heavy atom. The highest BCUT2D eigenvalue weighted by Gasteiger charge is 2.09. The van der Waals surface area contributed by atoms with Crippen molar-refractivity contribution in [3.8, 4) is 17.2 Å². The van der Waals surface area contributed by atoms with Crippen molar-refractivity contribution in [2.45, 2.75) is 0 Å². The van der Waals surface area contributed by atoms with Gasteiger partial charge < -0.3 is 20.3 Å². The zero-order valence-corrected chi connectivity index (χ0v) is 10.2. The van der Waals surface area contributed by atoms with Crippen LogP contribution in [0, 0.1) is 0 Å². The van der Waals surface area contributed by atoms with Gasteiger partial charge in [-0.2, -0.15) is 5.10 Å². The topological polar surface area (TPSA) is 89.1 Å². The van der Waals surface area contributed by atoms with Crippen LogP contribution in [0.1, 0.15) is 5.56 Å². The Hall–Kier alpha value is -2.02. The van der Waals surface area contributed by atoms with Gasteiger partial charge >= 0.3 is 0 Å². The Morgan fingerprint density at radius 2 is 2.18 bits per heavy atom. The zero-order chi connectivity index (χ0) is 12.8. The molecule has 4 N–H and O–H groups in total. The number of nitrogens with zero attached hydrogens (tertiary/aromatic N) is 1. The Kier molecular flexibility index (Phi) is 4.53. The molecule has 0 radical (unpaired) electrons. The van der Waals surface area contributed by atoms with E-state index in [1.54, 1.807) is 6.07 Å². The Labute approximate surface area is 104 Å². The molecule has 0 aliphatic carbocycles. The third-order valence-corrected chi connectivity index (χ3v) is 2.01. The predicted molar refractivity (Wildman–Crippen MR) is 68.7 cm³/mol. The lowest BCUT2D eigenvalue weighted by Gasteiger charge is -2.09. The van der Waals surface area contributed by atoms with Crippen LogP contribution < -0.4 is 20.6 Å².